The Morgan fingerprint density at radius 1 is 1.69 bits per heavy atom. The van der Waals surface area contributed by atoms with Gasteiger partial charge in [0.15, 0.2) is 0 Å². The van der Waals surface area contributed by atoms with Crippen molar-refractivity contribution in [3.05, 3.63) is 0 Å². The van der Waals surface area contributed by atoms with E-state index in [9.17, 15) is 4.79 Å². The summed E-state index contributed by atoms with van der Waals surface area (Å²) >= 11 is 0. The molecule has 0 aromatic rings. The van der Waals surface area contributed by atoms with E-state index in [4.69, 9.17) is 5.73 Å². The second-order valence-corrected chi connectivity index (χ2v) is 3.16. The van der Waals surface area contributed by atoms with Gasteiger partial charge < -0.3 is 21.1 Å². The summed E-state index contributed by atoms with van der Waals surface area (Å²) in [6, 6.07) is 0.577. The Balaban J connectivity index is 1.86. The van der Waals surface area contributed by atoms with Crippen LogP contribution in [-0.2, 0) is 4.74 Å². The minimum Gasteiger partial charge on any atom is -0.448 e. The van der Waals surface area contributed by atoms with Crippen molar-refractivity contribution in [1.82, 2.24) is 10.6 Å². The third-order valence-corrected chi connectivity index (χ3v) is 2.08. The number of primary amides is 1. The highest BCUT2D eigenvalue weighted by Gasteiger charge is 2.12. The van der Waals surface area contributed by atoms with Crippen LogP contribution in [0.25, 0.3) is 0 Å². The number of amides is 1. The smallest absolute Gasteiger partial charge is 0.404 e. The molecule has 0 saturated carbocycles. The Hall–Kier alpha value is -0.810. The molecule has 0 bridgehead atoms. The molecule has 1 atom stereocenters. The molecule has 1 aliphatic rings. The van der Waals surface area contributed by atoms with Crippen LogP contribution in [0.3, 0.4) is 0 Å². The zero-order valence-corrected chi connectivity index (χ0v) is 7.71. The highest BCUT2D eigenvalue weighted by molar-refractivity contribution is 5.64. The minimum atomic E-state index is -0.708. The second kappa shape index (κ2) is 5.77. The number of hydrogen-bond acceptors (Lipinski definition) is 4. The molecule has 1 rings (SSSR count). The molecule has 1 fully saturated rings. The number of nitrogens with two attached hydrogens (primary N) is 1. The van der Waals surface area contributed by atoms with Crippen LogP contribution in [-0.4, -0.2) is 38.4 Å². The van der Waals surface area contributed by atoms with Crippen LogP contribution in [0.4, 0.5) is 4.79 Å². The number of nitrogens with one attached hydrogen (secondary N) is 2. The molecule has 0 aromatic carbocycles. The number of hydrogen-bond donors (Lipinski definition) is 3. The van der Waals surface area contributed by atoms with Crippen molar-refractivity contribution in [1.29, 1.82) is 0 Å². The van der Waals surface area contributed by atoms with Crippen molar-refractivity contribution in [2.45, 2.75) is 18.9 Å². The fourth-order valence-corrected chi connectivity index (χ4v) is 1.43. The van der Waals surface area contributed by atoms with E-state index in [-0.39, 0.29) is 0 Å². The predicted octanol–water partition coefficient (Wildman–Crippen LogP) is -0.577. The first-order valence-corrected chi connectivity index (χ1v) is 4.65. The third-order valence-electron chi connectivity index (χ3n) is 2.08. The van der Waals surface area contributed by atoms with Gasteiger partial charge in [-0.25, -0.2) is 4.79 Å². The lowest BCUT2D eigenvalue weighted by Crippen LogP contribution is -2.35. The van der Waals surface area contributed by atoms with Crippen LogP contribution in [0, 0.1) is 0 Å². The summed E-state index contributed by atoms with van der Waals surface area (Å²) in [7, 11) is 0. The number of rotatable bonds is 5. The minimum absolute atomic E-state index is 0.349. The van der Waals surface area contributed by atoms with Gasteiger partial charge in [0, 0.05) is 19.1 Å². The van der Waals surface area contributed by atoms with Gasteiger partial charge in [-0.15, -0.1) is 0 Å². The Bertz CT molecular complexity index is 157. The van der Waals surface area contributed by atoms with E-state index < -0.39 is 6.09 Å². The molecule has 1 aliphatic heterocycles. The van der Waals surface area contributed by atoms with Crippen LogP contribution in [0.2, 0.25) is 0 Å². The van der Waals surface area contributed by atoms with E-state index >= 15 is 0 Å². The Kier molecular flexibility index (Phi) is 4.56. The molecule has 5 nitrogen and oxygen atoms in total. The lowest BCUT2D eigenvalue weighted by Gasteiger charge is -2.10. The fraction of sp³-hybridized carbons (Fsp3) is 0.875. The SMILES string of the molecule is NC(=O)OCCNCC1CCCN1. The number of carbonyl (C=O) groups is 1. The van der Waals surface area contributed by atoms with Crippen LogP contribution in [0.5, 0.6) is 0 Å². The van der Waals surface area contributed by atoms with E-state index in [2.05, 4.69) is 15.4 Å². The van der Waals surface area contributed by atoms with Crippen molar-refractivity contribution < 1.29 is 9.53 Å². The number of carbonyl (C=O) groups excluding carboxylic acids is 1. The van der Waals surface area contributed by atoms with Crippen molar-refractivity contribution in [3.63, 3.8) is 0 Å². The molecule has 1 unspecified atom stereocenters. The first kappa shape index (κ1) is 10.3. The molecule has 0 spiro atoms. The lowest BCUT2D eigenvalue weighted by molar-refractivity contribution is 0.157. The van der Waals surface area contributed by atoms with E-state index in [1.165, 1.54) is 12.8 Å². The highest BCUT2D eigenvalue weighted by atomic mass is 16.5. The van der Waals surface area contributed by atoms with Gasteiger partial charge in [0.05, 0.1) is 0 Å². The average Bonchev–Trinajstić information content (AvgIpc) is 2.55. The van der Waals surface area contributed by atoms with E-state index in [1.54, 1.807) is 0 Å². The second-order valence-electron chi connectivity index (χ2n) is 3.16. The molecule has 0 aromatic heterocycles. The summed E-state index contributed by atoms with van der Waals surface area (Å²) in [5, 5.41) is 6.55. The first-order chi connectivity index (χ1) is 6.29. The normalized spacial score (nSPS) is 21.7. The van der Waals surface area contributed by atoms with Crippen LogP contribution >= 0.6 is 0 Å². The first-order valence-electron chi connectivity index (χ1n) is 4.65. The van der Waals surface area contributed by atoms with Crippen LogP contribution in [0.1, 0.15) is 12.8 Å². The van der Waals surface area contributed by atoms with Gasteiger partial charge >= 0.3 is 6.09 Å². The molecular weight excluding hydrogens is 170 g/mol. The summed E-state index contributed by atoms with van der Waals surface area (Å²) in [5.41, 5.74) is 4.80. The van der Waals surface area contributed by atoms with E-state index in [0.717, 1.165) is 13.1 Å². The lowest BCUT2D eigenvalue weighted by atomic mass is 10.2. The summed E-state index contributed by atoms with van der Waals surface area (Å²) < 4.78 is 4.56. The maximum atomic E-state index is 10.2. The Morgan fingerprint density at radius 2 is 2.54 bits per heavy atom. The van der Waals surface area contributed by atoms with Crippen molar-refractivity contribution in [2.75, 3.05) is 26.2 Å². The standard InChI is InChI=1S/C8H17N3O2/c9-8(12)13-5-4-10-6-7-2-1-3-11-7/h7,10-11H,1-6H2,(H2,9,12). The molecule has 1 amide bonds. The fourth-order valence-electron chi connectivity index (χ4n) is 1.43. The van der Waals surface area contributed by atoms with Crippen molar-refractivity contribution in [3.8, 4) is 0 Å². The predicted molar refractivity (Wildman–Crippen MR) is 49.4 cm³/mol. The zero-order valence-electron chi connectivity index (χ0n) is 7.71. The molecule has 0 aliphatic carbocycles. The van der Waals surface area contributed by atoms with Crippen LogP contribution < -0.4 is 16.4 Å². The summed E-state index contributed by atoms with van der Waals surface area (Å²) in [4.78, 5) is 10.2. The summed E-state index contributed by atoms with van der Waals surface area (Å²) in [6.45, 7) is 3.06. The van der Waals surface area contributed by atoms with Gasteiger partial charge in [0.25, 0.3) is 0 Å². The molecular formula is C8H17N3O2. The van der Waals surface area contributed by atoms with Gasteiger partial charge in [0.2, 0.25) is 0 Å². The van der Waals surface area contributed by atoms with Gasteiger partial charge in [-0.3, -0.25) is 0 Å². The molecule has 1 heterocycles. The van der Waals surface area contributed by atoms with Crippen LogP contribution in [0.15, 0.2) is 0 Å². The molecule has 0 radical (unpaired) electrons. The Morgan fingerprint density at radius 3 is 3.15 bits per heavy atom. The number of ether oxygens (including phenoxy) is 1. The molecule has 13 heavy (non-hydrogen) atoms. The molecule has 4 N–H and O–H groups in total. The van der Waals surface area contributed by atoms with E-state index in [1.807, 2.05) is 0 Å². The Labute approximate surface area is 78.0 Å². The third kappa shape index (κ3) is 4.69. The summed E-state index contributed by atoms with van der Waals surface area (Å²) in [6.07, 6.45) is 1.77. The topological polar surface area (TPSA) is 76.4 Å². The zero-order chi connectivity index (χ0) is 9.52. The monoisotopic (exact) mass is 187 g/mol. The van der Waals surface area contributed by atoms with Crippen molar-refractivity contribution >= 4 is 6.09 Å². The quantitative estimate of drug-likeness (QED) is 0.503. The molecule has 1 saturated heterocycles. The average molecular weight is 187 g/mol. The molecule has 76 valence electrons. The highest BCUT2D eigenvalue weighted by Crippen LogP contribution is 2.02. The van der Waals surface area contributed by atoms with Gasteiger partial charge in [0.1, 0.15) is 6.61 Å². The van der Waals surface area contributed by atoms with E-state index in [0.29, 0.717) is 19.2 Å². The maximum absolute atomic E-state index is 10.2. The largest absolute Gasteiger partial charge is 0.448 e. The van der Waals surface area contributed by atoms with Gasteiger partial charge in [-0.05, 0) is 19.4 Å². The van der Waals surface area contributed by atoms with Crippen molar-refractivity contribution in [2.24, 2.45) is 5.73 Å². The molecule has 5 heteroatoms. The van der Waals surface area contributed by atoms with Gasteiger partial charge in [-0.2, -0.15) is 0 Å². The summed E-state index contributed by atoms with van der Waals surface area (Å²) in [5.74, 6) is 0. The van der Waals surface area contributed by atoms with Gasteiger partial charge in [-0.1, -0.05) is 0 Å². The maximum Gasteiger partial charge on any atom is 0.404 e.